The minimum absolute atomic E-state index is 0.898. The molecule has 0 aromatic rings. The summed E-state index contributed by atoms with van der Waals surface area (Å²) in [5.41, 5.74) is 0. The van der Waals surface area contributed by atoms with Crippen LogP contribution in [0.1, 0.15) is 26.7 Å². The maximum atomic E-state index is 5.18. The first-order chi connectivity index (χ1) is 6.27. The van der Waals surface area contributed by atoms with Gasteiger partial charge in [-0.2, -0.15) is 0 Å². The molecule has 1 aliphatic heterocycles. The summed E-state index contributed by atoms with van der Waals surface area (Å²) in [6.45, 7) is 8.42. The molecule has 4 heteroatoms. The highest BCUT2D eigenvalue weighted by Crippen LogP contribution is 2.02. The van der Waals surface area contributed by atoms with Crippen molar-refractivity contribution in [2.45, 2.75) is 26.7 Å². The van der Waals surface area contributed by atoms with Crippen molar-refractivity contribution in [3.05, 3.63) is 0 Å². The first-order valence-electron chi connectivity index (χ1n) is 5.03. The molecule has 0 aromatic heterocycles. The summed E-state index contributed by atoms with van der Waals surface area (Å²) in [7, 11) is 0. The van der Waals surface area contributed by atoms with E-state index in [9.17, 15) is 0 Å². The number of hydrogen-bond donors (Lipinski definition) is 1. The van der Waals surface area contributed by atoms with E-state index in [1.165, 1.54) is 19.4 Å². The van der Waals surface area contributed by atoms with Crippen LogP contribution in [0.15, 0.2) is 0 Å². The molecule has 0 radical (unpaired) electrons. The van der Waals surface area contributed by atoms with Crippen LogP contribution < -0.4 is 5.32 Å². The number of nitrogens with one attached hydrogen (secondary N) is 1. The molecule has 13 heavy (non-hydrogen) atoms. The molecule has 0 saturated carbocycles. The Bertz CT molecular complexity index is 172. The molecular formula is C9H19N3S. The number of hydrogen-bond acceptors (Lipinski definition) is 2. The average Bonchev–Trinajstić information content (AvgIpc) is 2.16. The van der Waals surface area contributed by atoms with Crippen molar-refractivity contribution in [3.63, 3.8) is 0 Å². The normalized spacial score (nSPS) is 18.9. The molecule has 1 heterocycles. The molecule has 1 rings (SSSR count). The number of nitrogens with zero attached hydrogens (tertiary/aromatic N) is 2. The maximum absolute atomic E-state index is 5.18. The van der Waals surface area contributed by atoms with Crippen molar-refractivity contribution in [3.8, 4) is 0 Å². The van der Waals surface area contributed by atoms with Crippen LogP contribution in [0.4, 0.5) is 0 Å². The van der Waals surface area contributed by atoms with Crippen LogP contribution in [0.25, 0.3) is 0 Å². The zero-order valence-electron chi connectivity index (χ0n) is 8.55. The monoisotopic (exact) mass is 201 g/mol. The fraction of sp³-hybridized carbons (Fsp3) is 0.889. The second-order valence-electron chi connectivity index (χ2n) is 3.39. The first kappa shape index (κ1) is 10.7. The van der Waals surface area contributed by atoms with Gasteiger partial charge in [-0.05, 0) is 25.6 Å². The lowest BCUT2D eigenvalue weighted by Crippen LogP contribution is -2.55. The van der Waals surface area contributed by atoms with Crippen molar-refractivity contribution < 1.29 is 0 Å². The highest BCUT2D eigenvalue weighted by Gasteiger charge is 2.17. The third kappa shape index (κ3) is 3.12. The van der Waals surface area contributed by atoms with Gasteiger partial charge in [0.15, 0.2) is 5.11 Å². The Morgan fingerprint density at radius 2 is 2.23 bits per heavy atom. The predicted molar refractivity (Wildman–Crippen MR) is 59.5 cm³/mol. The summed E-state index contributed by atoms with van der Waals surface area (Å²) in [5, 5.41) is 4.12. The second kappa shape index (κ2) is 5.40. The summed E-state index contributed by atoms with van der Waals surface area (Å²) in [5.74, 6) is 0. The molecule has 1 saturated heterocycles. The average molecular weight is 201 g/mol. The third-order valence-corrected chi connectivity index (χ3v) is 2.72. The molecule has 0 amide bonds. The van der Waals surface area contributed by atoms with Crippen LogP contribution in [0.2, 0.25) is 0 Å². The molecule has 1 aliphatic rings. The smallest absolute Gasteiger partial charge is 0.170 e. The fourth-order valence-corrected chi connectivity index (χ4v) is 1.67. The maximum Gasteiger partial charge on any atom is 0.170 e. The highest BCUT2D eigenvalue weighted by molar-refractivity contribution is 7.80. The lowest BCUT2D eigenvalue weighted by Gasteiger charge is -2.37. The Labute approximate surface area is 86.1 Å². The molecule has 0 spiro atoms. The van der Waals surface area contributed by atoms with Crippen molar-refractivity contribution in [1.29, 1.82) is 0 Å². The highest BCUT2D eigenvalue weighted by atomic mass is 32.1. The van der Waals surface area contributed by atoms with E-state index in [1.807, 2.05) is 0 Å². The zero-order chi connectivity index (χ0) is 9.68. The van der Waals surface area contributed by atoms with Gasteiger partial charge in [0, 0.05) is 13.1 Å². The third-order valence-electron chi connectivity index (χ3n) is 2.32. The van der Waals surface area contributed by atoms with Crippen LogP contribution in [0.3, 0.4) is 0 Å². The molecule has 0 atom stereocenters. The van der Waals surface area contributed by atoms with Crippen LogP contribution in [0, 0.1) is 0 Å². The lowest BCUT2D eigenvalue weighted by molar-refractivity contribution is 0.155. The van der Waals surface area contributed by atoms with Crippen LogP contribution in [-0.4, -0.2) is 41.3 Å². The Morgan fingerprint density at radius 1 is 1.46 bits per heavy atom. The Kier molecular flexibility index (Phi) is 4.45. The van der Waals surface area contributed by atoms with Gasteiger partial charge in [-0.25, -0.2) is 0 Å². The van der Waals surface area contributed by atoms with Crippen molar-refractivity contribution in [2.75, 3.05) is 26.4 Å². The van der Waals surface area contributed by atoms with Gasteiger partial charge in [0.05, 0.1) is 13.3 Å². The van der Waals surface area contributed by atoms with Crippen LogP contribution in [-0.2, 0) is 0 Å². The molecule has 1 N–H and O–H groups in total. The summed E-state index contributed by atoms with van der Waals surface area (Å²) < 4.78 is 0. The minimum Gasteiger partial charge on any atom is -0.350 e. The molecule has 3 nitrogen and oxygen atoms in total. The zero-order valence-corrected chi connectivity index (χ0v) is 9.36. The van der Waals surface area contributed by atoms with E-state index in [1.54, 1.807) is 0 Å². The summed E-state index contributed by atoms with van der Waals surface area (Å²) in [6.07, 6.45) is 2.53. The molecule has 76 valence electrons. The van der Waals surface area contributed by atoms with E-state index in [0.717, 1.165) is 25.0 Å². The summed E-state index contributed by atoms with van der Waals surface area (Å²) >= 11 is 5.18. The standard InChI is InChI=1S/C9H19N3S/c1-3-5-6-11-7-10-9(13)12(4-2)8-11/h3-8H2,1-2H3,(H,10,13). The van der Waals surface area contributed by atoms with E-state index in [4.69, 9.17) is 12.2 Å². The molecule has 0 aromatic carbocycles. The molecular weight excluding hydrogens is 182 g/mol. The Morgan fingerprint density at radius 3 is 2.85 bits per heavy atom. The van der Waals surface area contributed by atoms with Crippen molar-refractivity contribution in [1.82, 2.24) is 15.1 Å². The van der Waals surface area contributed by atoms with Crippen LogP contribution >= 0.6 is 12.2 Å². The van der Waals surface area contributed by atoms with E-state index in [2.05, 4.69) is 29.0 Å². The van der Waals surface area contributed by atoms with Gasteiger partial charge >= 0.3 is 0 Å². The van der Waals surface area contributed by atoms with Crippen molar-refractivity contribution >= 4 is 17.3 Å². The molecule has 0 bridgehead atoms. The van der Waals surface area contributed by atoms with Gasteiger partial charge in [0.25, 0.3) is 0 Å². The quantitative estimate of drug-likeness (QED) is 0.689. The minimum atomic E-state index is 0.898. The van der Waals surface area contributed by atoms with Gasteiger partial charge in [0.1, 0.15) is 0 Å². The summed E-state index contributed by atoms with van der Waals surface area (Å²) in [4.78, 5) is 4.58. The van der Waals surface area contributed by atoms with E-state index < -0.39 is 0 Å². The second-order valence-corrected chi connectivity index (χ2v) is 3.77. The largest absolute Gasteiger partial charge is 0.350 e. The lowest BCUT2D eigenvalue weighted by atomic mass is 10.3. The Balaban J connectivity index is 2.31. The van der Waals surface area contributed by atoms with Gasteiger partial charge in [-0.15, -0.1) is 0 Å². The number of rotatable bonds is 4. The van der Waals surface area contributed by atoms with E-state index in [-0.39, 0.29) is 0 Å². The topological polar surface area (TPSA) is 18.5 Å². The SMILES string of the molecule is CCCCN1CNC(=S)N(CC)C1. The first-order valence-corrected chi connectivity index (χ1v) is 5.43. The molecule has 1 fully saturated rings. The van der Waals surface area contributed by atoms with E-state index >= 15 is 0 Å². The number of thiocarbonyl (C=S) groups is 1. The van der Waals surface area contributed by atoms with Crippen molar-refractivity contribution in [2.24, 2.45) is 0 Å². The van der Waals surface area contributed by atoms with Gasteiger partial charge in [-0.1, -0.05) is 13.3 Å². The number of unbranched alkanes of at least 4 members (excludes halogenated alkanes) is 1. The van der Waals surface area contributed by atoms with Gasteiger partial charge in [0.2, 0.25) is 0 Å². The van der Waals surface area contributed by atoms with E-state index in [0.29, 0.717) is 0 Å². The van der Waals surface area contributed by atoms with Gasteiger partial charge in [-0.3, -0.25) is 4.90 Å². The van der Waals surface area contributed by atoms with Gasteiger partial charge < -0.3 is 10.2 Å². The summed E-state index contributed by atoms with van der Waals surface area (Å²) in [6, 6.07) is 0. The Hall–Kier alpha value is -0.350. The molecule has 0 aliphatic carbocycles. The predicted octanol–water partition coefficient (Wildman–Crippen LogP) is 1.21. The molecule has 0 unspecified atom stereocenters. The fourth-order valence-electron chi connectivity index (χ4n) is 1.42. The van der Waals surface area contributed by atoms with Crippen LogP contribution in [0.5, 0.6) is 0 Å².